The van der Waals surface area contributed by atoms with Gasteiger partial charge in [-0.3, -0.25) is 14.4 Å². The number of carbonyl (C=O) groups is 3. The van der Waals surface area contributed by atoms with Crippen LogP contribution in [0, 0.1) is 6.92 Å². The molecule has 0 saturated heterocycles. The summed E-state index contributed by atoms with van der Waals surface area (Å²) in [5.74, 6) is -0.563. The van der Waals surface area contributed by atoms with Gasteiger partial charge in [-0.05, 0) is 36.1 Å². The van der Waals surface area contributed by atoms with E-state index in [-0.39, 0.29) is 24.3 Å². The van der Waals surface area contributed by atoms with Crippen molar-refractivity contribution in [2.24, 2.45) is 0 Å². The molecular weight excluding hydrogens is 366 g/mol. The number of amides is 3. The van der Waals surface area contributed by atoms with Crippen LogP contribution in [0.2, 0.25) is 0 Å². The molecule has 29 heavy (non-hydrogen) atoms. The molecule has 0 heterocycles. The van der Waals surface area contributed by atoms with Gasteiger partial charge in [0, 0.05) is 19.7 Å². The predicted octanol–water partition coefficient (Wildman–Crippen LogP) is 3.39. The Kier molecular flexibility index (Phi) is 7.53. The van der Waals surface area contributed by atoms with Gasteiger partial charge in [-0.15, -0.1) is 0 Å². The second-order valence-corrected chi connectivity index (χ2v) is 7.49. The summed E-state index contributed by atoms with van der Waals surface area (Å²) in [6.45, 7) is 7.36. The molecule has 1 atom stereocenters. The molecular formula is C23H29N3O3. The molecule has 0 aromatic heterocycles. The van der Waals surface area contributed by atoms with Gasteiger partial charge in [-0.25, -0.2) is 0 Å². The molecule has 3 amide bonds. The van der Waals surface area contributed by atoms with E-state index in [1.54, 1.807) is 7.05 Å². The van der Waals surface area contributed by atoms with Crippen LogP contribution in [-0.2, 0) is 14.4 Å². The van der Waals surface area contributed by atoms with Crippen molar-refractivity contribution >= 4 is 23.4 Å². The largest absolute Gasteiger partial charge is 0.347 e. The van der Waals surface area contributed by atoms with Crippen LogP contribution < -0.4 is 10.6 Å². The standard InChI is InChI=1S/C23H29N3O3/c1-15(2)18-10-12-20(13-11-18)25-23(29)22(19-8-6-16(3)7-9-19)26(5)21(28)14-24-17(4)27/h6-13,15,22H,14H2,1-5H3,(H,24,27)(H,25,29)/t22-/m0/s1. The van der Waals surface area contributed by atoms with Crippen LogP contribution in [0.5, 0.6) is 0 Å². The fraction of sp³-hybridized carbons (Fsp3) is 0.348. The Labute approximate surface area is 172 Å². The number of aryl methyl sites for hydroxylation is 1. The molecule has 2 aromatic carbocycles. The van der Waals surface area contributed by atoms with Gasteiger partial charge in [0.2, 0.25) is 11.8 Å². The maximum atomic E-state index is 13.1. The van der Waals surface area contributed by atoms with Gasteiger partial charge < -0.3 is 15.5 Å². The number of rotatable bonds is 7. The van der Waals surface area contributed by atoms with Crippen molar-refractivity contribution in [2.45, 2.75) is 39.7 Å². The van der Waals surface area contributed by atoms with Crippen molar-refractivity contribution in [3.05, 3.63) is 65.2 Å². The summed E-state index contributed by atoms with van der Waals surface area (Å²) < 4.78 is 0. The molecule has 0 bridgehead atoms. The topological polar surface area (TPSA) is 78.5 Å². The molecule has 6 heteroatoms. The summed E-state index contributed by atoms with van der Waals surface area (Å²) in [4.78, 5) is 38.1. The van der Waals surface area contributed by atoms with Crippen molar-refractivity contribution in [1.29, 1.82) is 0 Å². The molecule has 0 aliphatic rings. The fourth-order valence-electron chi connectivity index (χ4n) is 2.93. The number of hydrogen-bond acceptors (Lipinski definition) is 3. The van der Waals surface area contributed by atoms with Crippen LogP contribution >= 0.6 is 0 Å². The molecule has 0 fully saturated rings. The zero-order chi connectivity index (χ0) is 21.6. The van der Waals surface area contributed by atoms with Gasteiger partial charge in [-0.1, -0.05) is 55.8 Å². The summed E-state index contributed by atoms with van der Waals surface area (Å²) in [5, 5.41) is 5.39. The fourth-order valence-corrected chi connectivity index (χ4v) is 2.93. The molecule has 0 radical (unpaired) electrons. The zero-order valence-electron chi connectivity index (χ0n) is 17.7. The summed E-state index contributed by atoms with van der Waals surface area (Å²) in [7, 11) is 1.57. The minimum absolute atomic E-state index is 0.162. The Morgan fingerprint density at radius 2 is 1.48 bits per heavy atom. The van der Waals surface area contributed by atoms with Crippen LogP contribution in [0.3, 0.4) is 0 Å². The highest BCUT2D eigenvalue weighted by atomic mass is 16.2. The Morgan fingerprint density at radius 3 is 2.00 bits per heavy atom. The third kappa shape index (κ3) is 6.17. The van der Waals surface area contributed by atoms with E-state index in [0.29, 0.717) is 17.2 Å². The van der Waals surface area contributed by atoms with E-state index < -0.39 is 6.04 Å². The molecule has 0 unspecified atom stereocenters. The van der Waals surface area contributed by atoms with Gasteiger partial charge in [-0.2, -0.15) is 0 Å². The quantitative estimate of drug-likeness (QED) is 0.754. The van der Waals surface area contributed by atoms with Gasteiger partial charge in [0.15, 0.2) is 0 Å². The van der Waals surface area contributed by atoms with E-state index in [1.807, 2.05) is 55.5 Å². The van der Waals surface area contributed by atoms with E-state index in [4.69, 9.17) is 0 Å². The highest BCUT2D eigenvalue weighted by Gasteiger charge is 2.28. The van der Waals surface area contributed by atoms with Crippen molar-refractivity contribution in [3.63, 3.8) is 0 Å². The minimum atomic E-state index is -0.818. The lowest BCUT2D eigenvalue weighted by Crippen LogP contribution is -2.43. The first-order valence-corrected chi connectivity index (χ1v) is 9.66. The second kappa shape index (κ2) is 9.87. The molecule has 2 rings (SSSR count). The summed E-state index contributed by atoms with van der Waals surface area (Å²) in [6.07, 6.45) is 0. The van der Waals surface area contributed by atoms with E-state index >= 15 is 0 Å². The monoisotopic (exact) mass is 395 g/mol. The SMILES string of the molecule is CC(=O)NCC(=O)N(C)[C@H](C(=O)Nc1ccc(C(C)C)cc1)c1ccc(C)cc1. The molecule has 2 N–H and O–H groups in total. The smallest absolute Gasteiger partial charge is 0.251 e. The van der Waals surface area contributed by atoms with E-state index in [0.717, 1.165) is 5.56 Å². The lowest BCUT2D eigenvalue weighted by atomic mass is 10.0. The molecule has 2 aromatic rings. The number of anilines is 1. The Morgan fingerprint density at radius 1 is 0.931 bits per heavy atom. The number of likely N-dealkylation sites (N-methyl/N-ethyl adjacent to an activating group) is 1. The summed E-state index contributed by atoms with van der Waals surface area (Å²) in [5.41, 5.74) is 3.61. The van der Waals surface area contributed by atoms with Crippen LogP contribution in [0.4, 0.5) is 5.69 Å². The van der Waals surface area contributed by atoms with Crippen molar-refractivity contribution < 1.29 is 14.4 Å². The van der Waals surface area contributed by atoms with Crippen LogP contribution in [0.25, 0.3) is 0 Å². The summed E-state index contributed by atoms with van der Waals surface area (Å²) >= 11 is 0. The highest BCUT2D eigenvalue weighted by Crippen LogP contribution is 2.23. The number of hydrogen-bond donors (Lipinski definition) is 2. The molecule has 0 aliphatic heterocycles. The first-order chi connectivity index (χ1) is 13.7. The normalized spacial score (nSPS) is 11.7. The average molecular weight is 396 g/mol. The summed E-state index contributed by atoms with van der Waals surface area (Å²) in [6, 6.07) is 14.3. The Balaban J connectivity index is 2.25. The number of carbonyl (C=O) groups excluding carboxylic acids is 3. The van der Waals surface area contributed by atoms with E-state index in [2.05, 4.69) is 24.5 Å². The van der Waals surface area contributed by atoms with Crippen LogP contribution in [0.1, 0.15) is 49.4 Å². The van der Waals surface area contributed by atoms with Gasteiger partial charge >= 0.3 is 0 Å². The second-order valence-electron chi connectivity index (χ2n) is 7.49. The maximum Gasteiger partial charge on any atom is 0.251 e. The molecule has 0 spiro atoms. The number of nitrogens with one attached hydrogen (secondary N) is 2. The van der Waals surface area contributed by atoms with E-state index in [1.165, 1.54) is 17.4 Å². The van der Waals surface area contributed by atoms with Gasteiger partial charge in [0.25, 0.3) is 5.91 Å². The Hall–Kier alpha value is -3.15. The third-order valence-electron chi connectivity index (χ3n) is 4.76. The van der Waals surface area contributed by atoms with E-state index in [9.17, 15) is 14.4 Å². The third-order valence-corrected chi connectivity index (χ3v) is 4.76. The minimum Gasteiger partial charge on any atom is -0.347 e. The van der Waals surface area contributed by atoms with Crippen molar-refractivity contribution in [1.82, 2.24) is 10.2 Å². The molecule has 0 aliphatic carbocycles. The van der Waals surface area contributed by atoms with Crippen molar-refractivity contribution in [3.8, 4) is 0 Å². The predicted molar refractivity (Wildman–Crippen MR) is 115 cm³/mol. The first-order valence-electron chi connectivity index (χ1n) is 9.66. The Bertz CT molecular complexity index is 858. The van der Waals surface area contributed by atoms with Crippen LogP contribution in [-0.4, -0.2) is 36.2 Å². The van der Waals surface area contributed by atoms with Gasteiger partial charge in [0.05, 0.1) is 6.54 Å². The maximum absolute atomic E-state index is 13.1. The zero-order valence-corrected chi connectivity index (χ0v) is 17.7. The molecule has 154 valence electrons. The lowest BCUT2D eigenvalue weighted by Gasteiger charge is -2.28. The average Bonchev–Trinajstić information content (AvgIpc) is 2.68. The molecule has 6 nitrogen and oxygen atoms in total. The van der Waals surface area contributed by atoms with Crippen molar-refractivity contribution in [2.75, 3.05) is 18.9 Å². The first kappa shape index (κ1) is 22.1. The number of benzene rings is 2. The number of nitrogens with zero attached hydrogens (tertiary/aromatic N) is 1. The highest BCUT2D eigenvalue weighted by molar-refractivity contribution is 5.98. The molecule has 0 saturated carbocycles. The van der Waals surface area contributed by atoms with Crippen LogP contribution in [0.15, 0.2) is 48.5 Å². The van der Waals surface area contributed by atoms with Gasteiger partial charge in [0.1, 0.15) is 6.04 Å². The lowest BCUT2D eigenvalue weighted by molar-refractivity contribution is -0.137.